The average Bonchev–Trinajstić information content (AvgIpc) is 3.17. The minimum atomic E-state index is -0.529. The molecular formula is C17H26N6O. The van der Waals surface area contributed by atoms with Crippen molar-refractivity contribution in [2.45, 2.75) is 12.8 Å². The Morgan fingerprint density at radius 1 is 1.17 bits per heavy atom. The van der Waals surface area contributed by atoms with Crippen molar-refractivity contribution in [2.75, 3.05) is 50.7 Å². The average molecular weight is 330 g/mol. The predicted molar refractivity (Wildman–Crippen MR) is 91.8 cm³/mol. The number of fused-ring (bicyclic) bond motifs is 1. The Hall–Kier alpha value is -1.73. The van der Waals surface area contributed by atoms with Gasteiger partial charge in [-0.2, -0.15) is 0 Å². The third-order valence-electron chi connectivity index (χ3n) is 5.82. The van der Waals surface area contributed by atoms with E-state index in [1.54, 1.807) is 6.07 Å². The lowest BCUT2D eigenvalue weighted by molar-refractivity contribution is 0.0994. The first-order chi connectivity index (χ1) is 11.7. The maximum absolute atomic E-state index is 11.1. The number of hydrogen-bond donors (Lipinski definition) is 2. The molecule has 4 rings (SSSR count). The third-order valence-corrected chi connectivity index (χ3v) is 5.82. The molecule has 0 aliphatic carbocycles. The summed E-state index contributed by atoms with van der Waals surface area (Å²) in [6.45, 7) is 8.23. The number of primary amides is 1. The minimum Gasteiger partial charge on any atom is -0.364 e. The number of aromatic nitrogens is 2. The lowest BCUT2D eigenvalue weighted by Crippen LogP contribution is -2.39. The number of piperidine rings is 1. The summed E-state index contributed by atoms with van der Waals surface area (Å²) in [5, 5.41) is 11.6. The number of nitrogens with two attached hydrogens (primary N) is 1. The van der Waals surface area contributed by atoms with E-state index in [2.05, 4.69) is 25.3 Å². The van der Waals surface area contributed by atoms with E-state index in [0.717, 1.165) is 36.7 Å². The first-order valence-corrected chi connectivity index (χ1v) is 9.00. The molecule has 130 valence electrons. The normalized spacial score (nSPS) is 28.2. The van der Waals surface area contributed by atoms with Crippen molar-refractivity contribution in [2.24, 2.45) is 23.5 Å². The first-order valence-electron chi connectivity index (χ1n) is 9.00. The summed E-state index contributed by atoms with van der Waals surface area (Å²) in [4.78, 5) is 16.0. The number of rotatable bonds is 4. The van der Waals surface area contributed by atoms with Gasteiger partial charge in [0.2, 0.25) is 0 Å². The van der Waals surface area contributed by atoms with Crippen molar-refractivity contribution in [1.82, 2.24) is 20.4 Å². The van der Waals surface area contributed by atoms with Gasteiger partial charge in [-0.05, 0) is 55.8 Å². The van der Waals surface area contributed by atoms with Crippen LogP contribution >= 0.6 is 0 Å². The highest BCUT2D eigenvalue weighted by atomic mass is 16.1. The molecule has 0 saturated carbocycles. The molecule has 1 aromatic rings. The number of hydrogen-bond acceptors (Lipinski definition) is 6. The Labute approximate surface area is 142 Å². The van der Waals surface area contributed by atoms with Gasteiger partial charge in [0.25, 0.3) is 5.91 Å². The molecule has 3 aliphatic heterocycles. The molecule has 3 saturated heterocycles. The second kappa shape index (κ2) is 6.64. The van der Waals surface area contributed by atoms with Gasteiger partial charge in [0.15, 0.2) is 11.5 Å². The van der Waals surface area contributed by atoms with Crippen molar-refractivity contribution >= 4 is 11.7 Å². The van der Waals surface area contributed by atoms with Gasteiger partial charge in [0.05, 0.1) is 0 Å². The fourth-order valence-corrected chi connectivity index (χ4v) is 4.44. The molecule has 3 N–H and O–H groups in total. The SMILES string of the molecule is NC(=O)c1ccc(N2CCC(CN3CC4CNCC4C3)CC2)nn1. The molecule has 2 atom stereocenters. The second-order valence-electron chi connectivity index (χ2n) is 7.47. The van der Waals surface area contributed by atoms with Crippen LogP contribution in [0.2, 0.25) is 0 Å². The summed E-state index contributed by atoms with van der Waals surface area (Å²) < 4.78 is 0. The predicted octanol–water partition coefficient (Wildman–Crippen LogP) is -0.0569. The van der Waals surface area contributed by atoms with Crippen molar-refractivity contribution in [1.29, 1.82) is 0 Å². The Morgan fingerprint density at radius 2 is 1.88 bits per heavy atom. The molecule has 0 bridgehead atoms. The van der Waals surface area contributed by atoms with Crippen molar-refractivity contribution in [3.63, 3.8) is 0 Å². The number of carbonyl (C=O) groups excluding carboxylic acids is 1. The quantitative estimate of drug-likeness (QED) is 0.804. The van der Waals surface area contributed by atoms with Crippen LogP contribution in [0.1, 0.15) is 23.3 Å². The molecule has 2 unspecified atom stereocenters. The van der Waals surface area contributed by atoms with E-state index in [-0.39, 0.29) is 5.69 Å². The van der Waals surface area contributed by atoms with E-state index >= 15 is 0 Å². The minimum absolute atomic E-state index is 0.225. The first kappa shape index (κ1) is 15.8. The molecule has 0 radical (unpaired) electrons. The summed E-state index contributed by atoms with van der Waals surface area (Å²) in [7, 11) is 0. The van der Waals surface area contributed by atoms with Crippen molar-refractivity contribution in [3.05, 3.63) is 17.8 Å². The van der Waals surface area contributed by atoms with Gasteiger partial charge in [-0.1, -0.05) is 0 Å². The van der Waals surface area contributed by atoms with Crippen LogP contribution in [0.25, 0.3) is 0 Å². The number of carbonyl (C=O) groups is 1. The number of amides is 1. The molecule has 4 heterocycles. The summed E-state index contributed by atoms with van der Waals surface area (Å²) in [6, 6.07) is 3.51. The summed E-state index contributed by atoms with van der Waals surface area (Å²) >= 11 is 0. The van der Waals surface area contributed by atoms with Gasteiger partial charge < -0.3 is 20.9 Å². The zero-order chi connectivity index (χ0) is 16.5. The largest absolute Gasteiger partial charge is 0.364 e. The van der Waals surface area contributed by atoms with Gasteiger partial charge in [-0.15, -0.1) is 10.2 Å². The maximum atomic E-state index is 11.1. The topological polar surface area (TPSA) is 87.4 Å². The van der Waals surface area contributed by atoms with Crippen LogP contribution in [-0.4, -0.2) is 66.8 Å². The van der Waals surface area contributed by atoms with E-state index < -0.39 is 5.91 Å². The van der Waals surface area contributed by atoms with Gasteiger partial charge in [-0.25, -0.2) is 0 Å². The van der Waals surface area contributed by atoms with Crippen LogP contribution in [0.15, 0.2) is 12.1 Å². The number of anilines is 1. The van der Waals surface area contributed by atoms with Crippen molar-refractivity contribution in [3.8, 4) is 0 Å². The van der Waals surface area contributed by atoms with E-state index in [1.165, 1.54) is 45.6 Å². The van der Waals surface area contributed by atoms with E-state index in [1.807, 2.05) is 6.07 Å². The summed E-state index contributed by atoms with van der Waals surface area (Å²) in [5.74, 6) is 2.86. The van der Waals surface area contributed by atoms with Crippen LogP contribution in [0.3, 0.4) is 0 Å². The summed E-state index contributed by atoms with van der Waals surface area (Å²) in [6.07, 6.45) is 2.40. The Kier molecular flexibility index (Phi) is 4.37. The highest BCUT2D eigenvalue weighted by molar-refractivity contribution is 5.90. The fraction of sp³-hybridized carbons (Fsp3) is 0.706. The zero-order valence-corrected chi connectivity index (χ0v) is 14.0. The van der Waals surface area contributed by atoms with Gasteiger partial charge in [0, 0.05) is 32.7 Å². The Balaban J connectivity index is 1.27. The molecule has 3 fully saturated rings. The van der Waals surface area contributed by atoms with Crippen LogP contribution in [0.4, 0.5) is 5.82 Å². The molecule has 0 aromatic carbocycles. The van der Waals surface area contributed by atoms with Crippen LogP contribution < -0.4 is 16.0 Å². The van der Waals surface area contributed by atoms with Gasteiger partial charge in [0.1, 0.15) is 0 Å². The third kappa shape index (κ3) is 3.23. The molecule has 1 aromatic heterocycles. The Morgan fingerprint density at radius 3 is 2.46 bits per heavy atom. The lowest BCUT2D eigenvalue weighted by Gasteiger charge is -2.34. The van der Waals surface area contributed by atoms with Crippen LogP contribution in [0, 0.1) is 17.8 Å². The van der Waals surface area contributed by atoms with Crippen LogP contribution in [0.5, 0.6) is 0 Å². The Bertz CT molecular complexity index is 571. The van der Waals surface area contributed by atoms with Gasteiger partial charge >= 0.3 is 0 Å². The second-order valence-corrected chi connectivity index (χ2v) is 7.47. The summed E-state index contributed by atoms with van der Waals surface area (Å²) in [5.41, 5.74) is 5.43. The highest BCUT2D eigenvalue weighted by Crippen LogP contribution is 2.29. The molecule has 24 heavy (non-hydrogen) atoms. The standard InChI is InChI=1S/C17H26N6O/c18-17(24)15-1-2-16(21-20-15)23-5-3-12(4-6-23)9-22-10-13-7-19-8-14(13)11-22/h1-2,12-14,19H,3-11H2,(H2,18,24). The molecule has 3 aliphatic rings. The number of nitrogens with zero attached hydrogens (tertiary/aromatic N) is 4. The molecule has 7 heteroatoms. The van der Waals surface area contributed by atoms with Crippen molar-refractivity contribution < 1.29 is 4.79 Å². The lowest BCUT2D eigenvalue weighted by atomic mass is 9.96. The van der Waals surface area contributed by atoms with Gasteiger partial charge in [-0.3, -0.25) is 4.79 Å². The molecule has 1 amide bonds. The highest BCUT2D eigenvalue weighted by Gasteiger charge is 2.36. The molecule has 7 nitrogen and oxygen atoms in total. The van der Waals surface area contributed by atoms with E-state index in [9.17, 15) is 4.79 Å². The maximum Gasteiger partial charge on any atom is 0.269 e. The van der Waals surface area contributed by atoms with E-state index in [0.29, 0.717) is 0 Å². The zero-order valence-electron chi connectivity index (χ0n) is 14.0. The van der Waals surface area contributed by atoms with E-state index in [4.69, 9.17) is 5.73 Å². The smallest absolute Gasteiger partial charge is 0.269 e. The molecular weight excluding hydrogens is 304 g/mol. The molecule has 0 spiro atoms. The monoisotopic (exact) mass is 330 g/mol. The number of likely N-dealkylation sites (tertiary alicyclic amines) is 1. The number of nitrogens with one attached hydrogen (secondary N) is 1. The van der Waals surface area contributed by atoms with Crippen LogP contribution in [-0.2, 0) is 0 Å². The fourth-order valence-electron chi connectivity index (χ4n) is 4.44.